The SMILES string of the molecule is CCC=C[C@H]1CO[C@H](CC[C@H]2CO[C@H](CCCCC)OC2)OC1. The lowest BCUT2D eigenvalue weighted by atomic mass is 10.0. The summed E-state index contributed by atoms with van der Waals surface area (Å²) >= 11 is 0. The van der Waals surface area contributed by atoms with Crippen molar-refractivity contribution in [1.29, 1.82) is 0 Å². The third-order valence-electron chi connectivity index (χ3n) is 4.53. The number of allylic oxidation sites excluding steroid dienone is 1. The van der Waals surface area contributed by atoms with Gasteiger partial charge in [0.1, 0.15) is 0 Å². The van der Waals surface area contributed by atoms with E-state index in [4.69, 9.17) is 18.9 Å². The summed E-state index contributed by atoms with van der Waals surface area (Å²) < 4.78 is 23.3. The predicted molar refractivity (Wildman–Crippen MR) is 91.2 cm³/mol. The van der Waals surface area contributed by atoms with Crippen LogP contribution in [0.25, 0.3) is 0 Å². The van der Waals surface area contributed by atoms with Gasteiger partial charge >= 0.3 is 0 Å². The van der Waals surface area contributed by atoms with Crippen molar-refractivity contribution in [2.75, 3.05) is 26.4 Å². The Balaban J connectivity index is 1.53. The molecule has 2 saturated heterocycles. The van der Waals surface area contributed by atoms with Crippen LogP contribution in [-0.4, -0.2) is 39.0 Å². The Bertz CT molecular complexity index is 315. The summed E-state index contributed by atoms with van der Waals surface area (Å²) in [7, 11) is 0. The summed E-state index contributed by atoms with van der Waals surface area (Å²) in [5.74, 6) is 0.888. The van der Waals surface area contributed by atoms with Crippen LogP contribution >= 0.6 is 0 Å². The summed E-state index contributed by atoms with van der Waals surface area (Å²) in [6, 6.07) is 0. The molecule has 0 radical (unpaired) electrons. The third kappa shape index (κ3) is 7.34. The Hall–Kier alpha value is -0.420. The molecule has 4 nitrogen and oxygen atoms in total. The minimum absolute atomic E-state index is 0.0195. The van der Waals surface area contributed by atoms with Crippen LogP contribution in [0.1, 0.15) is 58.8 Å². The first-order valence-electron chi connectivity index (χ1n) is 9.44. The summed E-state index contributed by atoms with van der Waals surface area (Å²) in [4.78, 5) is 0. The Labute approximate surface area is 141 Å². The van der Waals surface area contributed by atoms with Crippen LogP contribution < -0.4 is 0 Å². The van der Waals surface area contributed by atoms with Crippen LogP contribution in [0, 0.1) is 11.8 Å². The van der Waals surface area contributed by atoms with Gasteiger partial charge in [-0.05, 0) is 32.1 Å². The molecule has 0 saturated carbocycles. The van der Waals surface area contributed by atoms with Gasteiger partial charge in [0.25, 0.3) is 0 Å². The molecule has 2 aliphatic heterocycles. The van der Waals surface area contributed by atoms with Crippen LogP contribution in [0.3, 0.4) is 0 Å². The fraction of sp³-hybridized carbons (Fsp3) is 0.895. The Morgan fingerprint density at radius 2 is 1.43 bits per heavy atom. The third-order valence-corrected chi connectivity index (χ3v) is 4.53. The van der Waals surface area contributed by atoms with Crippen LogP contribution in [0.2, 0.25) is 0 Å². The summed E-state index contributed by atoms with van der Waals surface area (Å²) in [5, 5.41) is 0. The molecule has 0 unspecified atom stereocenters. The van der Waals surface area contributed by atoms with Gasteiger partial charge in [-0.25, -0.2) is 0 Å². The smallest absolute Gasteiger partial charge is 0.157 e. The second kappa shape index (κ2) is 11.2. The monoisotopic (exact) mass is 326 g/mol. The standard InChI is InChI=1S/C19H34O4/c1-3-5-7-9-18-20-14-17(15-21-18)10-11-19-22-12-16(13-23-19)8-6-4-2/h6,8,16-19H,3-5,7,9-15H2,1-2H3/t16-,17-,18-,19-. The van der Waals surface area contributed by atoms with Crippen molar-refractivity contribution < 1.29 is 18.9 Å². The van der Waals surface area contributed by atoms with Crippen molar-refractivity contribution in [3.05, 3.63) is 12.2 Å². The van der Waals surface area contributed by atoms with Gasteiger partial charge < -0.3 is 18.9 Å². The maximum atomic E-state index is 5.83. The van der Waals surface area contributed by atoms with E-state index in [1.807, 2.05) is 0 Å². The highest BCUT2D eigenvalue weighted by Crippen LogP contribution is 2.23. The minimum Gasteiger partial charge on any atom is -0.352 e. The minimum atomic E-state index is -0.0523. The van der Waals surface area contributed by atoms with Gasteiger partial charge in [0.2, 0.25) is 0 Å². The maximum Gasteiger partial charge on any atom is 0.157 e. The van der Waals surface area contributed by atoms with E-state index in [-0.39, 0.29) is 12.6 Å². The van der Waals surface area contributed by atoms with Gasteiger partial charge in [0.15, 0.2) is 12.6 Å². The molecule has 23 heavy (non-hydrogen) atoms. The molecule has 2 rings (SSSR count). The Kier molecular flexibility index (Phi) is 9.20. The van der Waals surface area contributed by atoms with Crippen molar-refractivity contribution in [2.24, 2.45) is 11.8 Å². The van der Waals surface area contributed by atoms with Gasteiger partial charge in [-0.3, -0.25) is 0 Å². The van der Waals surface area contributed by atoms with Gasteiger partial charge in [0.05, 0.1) is 26.4 Å². The van der Waals surface area contributed by atoms with E-state index in [9.17, 15) is 0 Å². The zero-order valence-electron chi connectivity index (χ0n) is 14.9. The van der Waals surface area contributed by atoms with Crippen molar-refractivity contribution in [3.63, 3.8) is 0 Å². The molecular formula is C19H34O4. The fourth-order valence-corrected chi connectivity index (χ4v) is 3.01. The molecule has 0 aliphatic carbocycles. The van der Waals surface area contributed by atoms with E-state index < -0.39 is 0 Å². The first kappa shape index (κ1) is 18.9. The normalized spacial score (nSPS) is 32.4. The van der Waals surface area contributed by atoms with E-state index in [2.05, 4.69) is 26.0 Å². The van der Waals surface area contributed by atoms with Gasteiger partial charge in [-0.15, -0.1) is 0 Å². The summed E-state index contributed by atoms with van der Waals surface area (Å²) in [5.41, 5.74) is 0. The molecule has 2 heterocycles. The average molecular weight is 326 g/mol. The van der Waals surface area contributed by atoms with Crippen molar-refractivity contribution in [3.8, 4) is 0 Å². The van der Waals surface area contributed by atoms with Crippen molar-refractivity contribution in [2.45, 2.75) is 71.4 Å². The first-order valence-corrected chi connectivity index (χ1v) is 9.44. The molecule has 0 amide bonds. The molecule has 0 aromatic carbocycles. The highest BCUT2D eigenvalue weighted by molar-refractivity contribution is 4.88. The molecule has 134 valence electrons. The lowest BCUT2D eigenvalue weighted by Crippen LogP contribution is -2.34. The molecular weight excluding hydrogens is 292 g/mol. The zero-order valence-corrected chi connectivity index (χ0v) is 14.9. The molecule has 0 aromatic rings. The van der Waals surface area contributed by atoms with E-state index in [0.29, 0.717) is 11.8 Å². The second-order valence-electron chi connectivity index (χ2n) is 6.73. The molecule has 0 bridgehead atoms. The number of hydrogen-bond acceptors (Lipinski definition) is 4. The molecule has 2 aliphatic rings. The molecule has 0 aromatic heterocycles. The largest absolute Gasteiger partial charge is 0.352 e. The summed E-state index contributed by atoms with van der Waals surface area (Å²) in [6.07, 6.45) is 12.1. The Morgan fingerprint density at radius 1 is 0.783 bits per heavy atom. The van der Waals surface area contributed by atoms with E-state index in [0.717, 1.165) is 52.1 Å². The lowest BCUT2D eigenvalue weighted by Gasteiger charge is -2.32. The van der Waals surface area contributed by atoms with Gasteiger partial charge in [0, 0.05) is 11.8 Å². The van der Waals surface area contributed by atoms with Crippen molar-refractivity contribution in [1.82, 2.24) is 0 Å². The highest BCUT2D eigenvalue weighted by Gasteiger charge is 2.25. The number of hydrogen-bond donors (Lipinski definition) is 0. The first-order chi connectivity index (χ1) is 11.3. The van der Waals surface area contributed by atoms with Crippen LogP contribution in [0.4, 0.5) is 0 Å². The fourth-order valence-electron chi connectivity index (χ4n) is 3.01. The van der Waals surface area contributed by atoms with E-state index >= 15 is 0 Å². The molecule has 0 spiro atoms. The lowest BCUT2D eigenvalue weighted by molar-refractivity contribution is -0.216. The molecule has 0 N–H and O–H groups in total. The highest BCUT2D eigenvalue weighted by atomic mass is 16.7. The molecule has 4 heteroatoms. The van der Waals surface area contributed by atoms with Gasteiger partial charge in [-0.2, -0.15) is 0 Å². The number of rotatable bonds is 9. The van der Waals surface area contributed by atoms with E-state index in [1.54, 1.807) is 0 Å². The van der Waals surface area contributed by atoms with E-state index in [1.165, 1.54) is 19.3 Å². The van der Waals surface area contributed by atoms with Crippen LogP contribution in [0.15, 0.2) is 12.2 Å². The maximum absolute atomic E-state index is 5.83. The predicted octanol–water partition coefficient (Wildman–Crippen LogP) is 4.29. The average Bonchev–Trinajstić information content (AvgIpc) is 2.60. The van der Waals surface area contributed by atoms with Crippen LogP contribution in [0.5, 0.6) is 0 Å². The zero-order chi connectivity index (χ0) is 16.3. The molecule has 2 fully saturated rings. The Morgan fingerprint density at radius 3 is 2.09 bits per heavy atom. The van der Waals surface area contributed by atoms with Crippen LogP contribution in [-0.2, 0) is 18.9 Å². The molecule has 0 atom stereocenters. The summed E-state index contributed by atoms with van der Waals surface area (Å²) in [6.45, 7) is 7.54. The quantitative estimate of drug-likeness (QED) is 0.468. The van der Waals surface area contributed by atoms with Gasteiger partial charge in [-0.1, -0.05) is 38.8 Å². The van der Waals surface area contributed by atoms with Crippen molar-refractivity contribution >= 4 is 0 Å². The topological polar surface area (TPSA) is 36.9 Å². The number of unbranched alkanes of at least 4 members (excludes halogenated alkanes) is 2. The second-order valence-corrected chi connectivity index (χ2v) is 6.73. The number of ether oxygens (including phenoxy) is 4.